The molecule has 0 saturated heterocycles. The van der Waals surface area contributed by atoms with Crippen molar-refractivity contribution in [3.8, 4) is 22.3 Å². The van der Waals surface area contributed by atoms with E-state index in [4.69, 9.17) is 18.0 Å². The van der Waals surface area contributed by atoms with Crippen molar-refractivity contribution in [2.45, 2.75) is 12.4 Å². The van der Waals surface area contributed by atoms with E-state index in [1.54, 1.807) is 0 Å². The number of alkyl halides is 3. The zero-order valence-electron chi connectivity index (χ0n) is 20.8. The Morgan fingerprint density at radius 2 is 1.36 bits per heavy atom. The van der Waals surface area contributed by atoms with Crippen molar-refractivity contribution in [3.63, 3.8) is 0 Å². The Morgan fingerprint density at radius 1 is 0.846 bits per heavy atom. The van der Waals surface area contributed by atoms with Crippen LogP contribution in [0.25, 0.3) is 49.7 Å². The molecule has 0 unspecified atom stereocenters. The number of para-hydroxylation sites is 1. The van der Waals surface area contributed by atoms with Crippen LogP contribution >= 0.6 is 0 Å². The van der Waals surface area contributed by atoms with Gasteiger partial charge in [-0.3, -0.25) is 0 Å². The molecule has 39 heavy (non-hydrogen) atoms. The largest absolute Gasteiger partial charge is 0.741 e. The minimum absolute atomic E-state index is 0.991. The SMILES string of the molecule is Cc1n2c(c[n+]1C)c(-c1ccccc1)c(-c1ccccc1)c1cc3ccccc3nc12.O=S(=O)([O-])C(F)(F)F. The molecule has 0 aliphatic rings. The first-order valence-corrected chi connectivity index (χ1v) is 13.2. The number of nitrogens with zero attached hydrogens (tertiary/aromatic N) is 3. The van der Waals surface area contributed by atoms with Gasteiger partial charge in [0.05, 0.1) is 18.0 Å². The fourth-order valence-electron chi connectivity index (χ4n) is 4.63. The fourth-order valence-corrected chi connectivity index (χ4v) is 4.63. The summed E-state index contributed by atoms with van der Waals surface area (Å²) < 4.78 is 63.4. The third kappa shape index (κ3) is 4.84. The van der Waals surface area contributed by atoms with Gasteiger partial charge in [-0.15, -0.1) is 0 Å². The van der Waals surface area contributed by atoms with Crippen molar-refractivity contribution < 1.29 is 30.7 Å². The first-order chi connectivity index (χ1) is 18.5. The second-order valence-electron chi connectivity index (χ2n) is 8.94. The number of aromatic nitrogens is 3. The summed E-state index contributed by atoms with van der Waals surface area (Å²) in [4.78, 5) is 5.15. The molecular weight excluding hydrogens is 527 g/mol. The van der Waals surface area contributed by atoms with E-state index in [1.807, 2.05) is 0 Å². The number of imidazole rings is 1. The Hall–Kier alpha value is -4.28. The molecule has 0 aliphatic heterocycles. The first kappa shape index (κ1) is 26.3. The predicted molar refractivity (Wildman–Crippen MR) is 143 cm³/mol. The summed E-state index contributed by atoms with van der Waals surface area (Å²) in [6.45, 7) is 2.15. The van der Waals surface area contributed by atoms with Gasteiger partial charge in [0, 0.05) is 23.4 Å². The molecule has 0 fully saturated rings. The molecule has 6 rings (SSSR count). The lowest BCUT2D eigenvalue weighted by Crippen LogP contribution is -2.28. The van der Waals surface area contributed by atoms with Crippen LogP contribution in [0.4, 0.5) is 13.2 Å². The smallest absolute Gasteiger partial charge is 0.485 e. The lowest BCUT2D eigenvalue weighted by molar-refractivity contribution is -0.676. The maximum absolute atomic E-state index is 10.7. The Labute approximate surface area is 222 Å². The maximum atomic E-state index is 10.7. The van der Waals surface area contributed by atoms with Gasteiger partial charge in [0.2, 0.25) is 5.65 Å². The molecule has 0 atom stereocenters. The molecule has 0 bridgehead atoms. The van der Waals surface area contributed by atoms with Gasteiger partial charge in [0.15, 0.2) is 15.6 Å². The van der Waals surface area contributed by atoms with Crippen LogP contribution in [-0.2, 0) is 17.2 Å². The van der Waals surface area contributed by atoms with E-state index in [2.05, 4.69) is 120 Å². The van der Waals surface area contributed by atoms with Gasteiger partial charge in [-0.05, 0) is 23.3 Å². The highest BCUT2D eigenvalue weighted by atomic mass is 32.2. The second kappa shape index (κ2) is 9.79. The molecule has 3 heterocycles. The number of hydrogen-bond acceptors (Lipinski definition) is 4. The van der Waals surface area contributed by atoms with Crippen LogP contribution < -0.4 is 4.57 Å². The zero-order valence-corrected chi connectivity index (χ0v) is 21.7. The van der Waals surface area contributed by atoms with E-state index in [-0.39, 0.29) is 0 Å². The highest BCUT2D eigenvalue weighted by molar-refractivity contribution is 7.86. The van der Waals surface area contributed by atoms with Gasteiger partial charge in [0.25, 0.3) is 5.82 Å². The number of fused-ring (bicyclic) bond motifs is 4. The van der Waals surface area contributed by atoms with Gasteiger partial charge in [-0.25, -0.2) is 18.0 Å². The van der Waals surface area contributed by atoms with E-state index >= 15 is 0 Å². The lowest BCUT2D eigenvalue weighted by atomic mass is 9.91. The number of benzene rings is 3. The van der Waals surface area contributed by atoms with E-state index in [0.29, 0.717) is 0 Å². The molecule has 0 amide bonds. The summed E-state index contributed by atoms with van der Waals surface area (Å²) in [6.07, 6.45) is 2.22. The second-order valence-corrected chi connectivity index (χ2v) is 10.3. The zero-order chi connectivity index (χ0) is 27.9. The monoisotopic (exact) mass is 549 g/mol. The third-order valence-corrected chi connectivity index (χ3v) is 7.06. The average molecular weight is 550 g/mol. The van der Waals surface area contributed by atoms with Gasteiger partial charge in [0.1, 0.15) is 6.20 Å². The Kier molecular flexibility index (Phi) is 6.61. The van der Waals surface area contributed by atoms with Crippen molar-refractivity contribution in [3.05, 3.63) is 103 Å². The Balaban J connectivity index is 0.000000339. The summed E-state index contributed by atoms with van der Waals surface area (Å²) >= 11 is 0. The predicted octanol–water partition coefficient (Wildman–Crippen LogP) is 6.16. The topological polar surface area (TPSA) is 78.4 Å². The highest BCUT2D eigenvalue weighted by Crippen LogP contribution is 2.41. The molecular formula is C29H22F3N3O3S. The summed E-state index contributed by atoms with van der Waals surface area (Å²) in [7, 11) is -3.99. The van der Waals surface area contributed by atoms with E-state index in [9.17, 15) is 13.2 Å². The van der Waals surface area contributed by atoms with Crippen LogP contribution in [0, 0.1) is 6.92 Å². The van der Waals surface area contributed by atoms with Gasteiger partial charge in [-0.2, -0.15) is 17.6 Å². The van der Waals surface area contributed by atoms with Crippen LogP contribution in [0.1, 0.15) is 5.82 Å². The first-order valence-electron chi connectivity index (χ1n) is 11.8. The quantitative estimate of drug-likeness (QED) is 0.112. The minimum atomic E-state index is -6.09. The molecule has 0 N–H and O–H groups in total. The van der Waals surface area contributed by atoms with Gasteiger partial charge in [-0.1, -0.05) is 78.9 Å². The van der Waals surface area contributed by atoms with Crippen molar-refractivity contribution >= 4 is 37.6 Å². The molecule has 6 nitrogen and oxygen atoms in total. The highest BCUT2D eigenvalue weighted by Gasteiger charge is 2.37. The summed E-state index contributed by atoms with van der Waals surface area (Å²) in [5, 5.41) is 2.32. The molecule has 0 aliphatic carbocycles. The Morgan fingerprint density at radius 3 is 1.92 bits per heavy atom. The molecule has 0 radical (unpaired) electrons. The van der Waals surface area contributed by atoms with Crippen LogP contribution in [0.3, 0.4) is 0 Å². The lowest BCUT2D eigenvalue weighted by Gasteiger charge is -2.14. The summed E-state index contributed by atoms with van der Waals surface area (Å²) in [5.41, 5.74) is 2.40. The molecule has 0 spiro atoms. The maximum Gasteiger partial charge on any atom is 0.485 e. The number of rotatable bonds is 2. The third-order valence-electron chi connectivity index (χ3n) is 6.49. The molecule has 3 aromatic heterocycles. The van der Waals surface area contributed by atoms with Gasteiger partial charge < -0.3 is 4.55 Å². The van der Waals surface area contributed by atoms with Crippen molar-refractivity contribution in [1.29, 1.82) is 0 Å². The summed E-state index contributed by atoms with van der Waals surface area (Å²) in [5.74, 6) is 1.15. The van der Waals surface area contributed by atoms with Crippen LogP contribution in [0.15, 0.2) is 97.2 Å². The number of aryl methyl sites for hydroxylation is 2. The van der Waals surface area contributed by atoms with Crippen molar-refractivity contribution in [2.24, 2.45) is 7.05 Å². The fraction of sp³-hybridized carbons (Fsp3) is 0.103. The molecule has 6 aromatic rings. The standard InChI is InChI=1S/C28H22N3.CHF3O3S/c1-19-30(2)18-25-27(21-13-7-4-8-14-21)26(20-11-5-3-6-12-20)23-17-22-15-9-10-16-24(22)29-28(23)31(19)25;2-1(3,4)8(5,6)7/h3-18H,1-2H3;(H,5,6,7)/q+1;/p-1. The van der Waals surface area contributed by atoms with Crippen LogP contribution in [-0.4, -0.2) is 27.9 Å². The Bertz CT molecular complexity index is 1940. The normalized spacial score (nSPS) is 12.1. The molecule has 198 valence electrons. The average Bonchev–Trinajstić information content (AvgIpc) is 3.20. The van der Waals surface area contributed by atoms with Crippen molar-refractivity contribution in [1.82, 2.24) is 9.38 Å². The number of hydrogen-bond donors (Lipinski definition) is 0. The molecule has 10 heteroatoms. The molecule has 0 saturated carbocycles. The van der Waals surface area contributed by atoms with Crippen LogP contribution in [0.2, 0.25) is 0 Å². The van der Waals surface area contributed by atoms with E-state index in [0.717, 1.165) is 27.8 Å². The minimum Gasteiger partial charge on any atom is -0.741 e. The van der Waals surface area contributed by atoms with Crippen LogP contribution in [0.5, 0.6) is 0 Å². The van der Waals surface area contributed by atoms with E-state index < -0.39 is 15.6 Å². The van der Waals surface area contributed by atoms with E-state index in [1.165, 1.54) is 27.8 Å². The van der Waals surface area contributed by atoms with Crippen molar-refractivity contribution in [2.75, 3.05) is 0 Å². The number of halogens is 3. The van der Waals surface area contributed by atoms with Gasteiger partial charge >= 0.3 is 5.51 Å². The number of pyridine rings is 2. The molecule has 3 aromatic carbocycles. The summed E-state index contributed by atoms with van der Waals surface area (Å²) in [6, 6.07) is 32.0.